The Morgan fingerprint density at radius 3 is 2.67 bits per heavy atom. The summed E-state index contributed by atoms with van der Waals surface area (Å²) in [6.45, 7) is 2.84. The second-order valence-corrected chi connectivity index (χ2v) is 12.3. The van der Waals surface area contributed by atoms with Crippen LogP contribution < -0.4 is 32.3 Å². The Labute approximate surface area is 238 Å². The van der Waals surface area contributed by atoms with Crippen LogP contribution in [0.2, 0.25) is 0 Å². The molecule has 5 fully saturated rings. The summed E-state index contributed by atoms with van der Waals surface area (Å²) in [4.78, 5) is 16.7. The molecule has 9 N–H and O–H groups in total. The van der Waals surface area contributed by atoms with Gasteiger partial charge in [-0.2, -0.15) is 0 Å². The van der Waals surface area contributed by atoms with Crippen molar-refractivity contribution in [3.63, 3.8) is 0 Å². The number of amides is 2. The van der Waals surface area contributed by atoms with Crippen molar-refractivity contribution in [2.45, 2.75) is 125 Å². The molecule has 2 saturated carbocycles. The highest BCUT2D eigenvalue weighted by Crippen LogP contribution is 2.29. The summed E-state index contributed by atoms with van der Waals surface area (Å²) in [7, 11) is 1.96. The molecule has 13 heteroatoms. The van der Waals surface area contributed by atoms with Crippen LogP contribution in [0.5, 0.6) is 0 Å². The van der Waals surface area contributed by atoms with Gasteiger partial charge in [0.25, 0.3) is 0 Å². The minimum atomic E-state index is -1.01. The molecule has 0 radical (unpaired) electrons. The highest BCUT2D eigenvalue weighted by molar-refractivity contribution is 5.74. The number of aliphatic hydroxyl groups is 2. The molecule has 3 saturated heterocycles. The standard InChI is InChI=1S/C27H52N8O5/c1-34(14-20-22(36)23(37)26(40-20)35-16-32-21-24(28)30-15-31-25(21)35)13-7-12-29-27(38)33-18-10-5-6-11-19(18)39-17-8-3-2-4-9-17/h17-26,30-32,36-37H,2-16,28H2,1H3,(H2,29,33,38)/t18?,19?,20-,21?,22-,23-,24?,25?,26-/m1/s1. The van der Waals surface area contributed by atoms with Crippen LogP contribution in [-0.4, -0.2) is 127 Å². The average Bonchev–Trinajstić information content (AvgIpc) is 3.50. The highest BCUT2D eigenvalue weighted by atomic mass is 16.6. The summed E-state index contributed by atoms with van der Waals surface area (Å²) < 4.78 is 12.6. The largest absolute Gasteiger partial charge is 0.387 e. The van der Waals surface area contributed by atoms with Gasteiger partial charge in [-0.15, -0.1) is 0 Å². The van der Waals surface area contributed by atoms with Gasteiger partial charge in [-0.05, 0) is 45.7 Å². The number of aliphatic hydroxyl groups excluding tert-OH is 2. The number of hydrogen-bond acceptors (Lipinski definition) is 11. The fourth-order valence-electron chi connectivity index (χ4n) is 7.05. The average molecular weight is 569 g/mol. The number of rotatable bonds is 10. The van der Waals surface area contributed by atoms with Gasteiger partial charge >= 0.3 is 6.03 Å². The van der Waals surface area contributed by atoms with Crippen molar-refractivity contribution in [3.8, 4) is 0 Å². The molecule has 3 aliphatic heterocycles. The number of nitrogens with one attached hydrogen (secondary N) is 5. The number of nitrogens with zero attached hydrogens (tertiary/aromatic N) is 2. The third kappa shape index (κ3) is 7.44. The monoisotopic (exact) mass is 568 g/mol. The number of carbonyl (C=O) groups excluding carboxylic acids is 1. The minimum Gasteiger partial charge on any atom is -0.387 e. The van der Waals surface area contributed by atoms with Crippen LogP contribution >= 0.6 is 0 Å². The van der Waals surface area contributed by atoms with Gasteiger partial charge in [-0.1, -0.05) is 32.1 Å². The first-order valence-electron chi connectivity index (χ1n) is 15.5. The van der Waals surface area contributed by atoms with Crippen molar-refractivity contribution >= 4 is 6.03 Å². The van der Waals surface area contributed by atoms with Gasteiger partial charge in [-0.25, -0.2) is 9.69 Å². The van der Waals surface area contributed by atoms with Gasteiger partial charge in [0.15, 0.2) is 0 Å². The van der Waals surface area contributed by atoms with E-state index in [0.717, 1.165) is 45.1 Å². The minimum absolute atomic E-state index is 0.0125. The molecule has 40 heavy (non-hydrogen) atoms. The Hall–Kier alpha value is -1.13. The summed E-state index contributed by atoms with van der Waals surface area (Å²) in [6.07, 6.45) is 8.21. The molecule has 5 unspecified atom stereocenters. The molecule has 2 aliphatic carbocycles. The van der Waals surface area contributed by atoms with Crippen molar-refractivity contribution in [2.24, 2.45) is 5.73 Å². The Kier molecular flexibility index (Phi) is 10.9. The van der Waals surface area contributed by atoms with E-state index in [4.69, 9.17) is 15.2 Å². The second-order valence-electron chi connectivity index (χ2n) is 12.3. The lowest BCUT2D eigenvalue weighted by Gasteiger charge is -2.38. The zero-order valence-electron chi connectivity index (χ0n) is 24.0. The number of carbonyl (C=O) groups is 1. The van der Waals surface area contributed by atoms with E-state index in [1.54, 1.807) is 0 Å². The van der Waals surface area contributed by atoms with Crippen LogP contribution in [0.15, 0.2) is 0 Å². The smallest absolute Gasteiger partial charge is 0.315 e. The molecule has 9 atom stereocenters. The third-order valence-corrected chi connectivity index (χ3v) is 9.34. The molecular formula is C27H52N8O5. The van der Waals surface area contributed by atoms with Crippen LogP contribution in [0, 0.1) is 0 Å². The van der Waals surface area contributed by atoms with Crippen molar-refractivity contribution in [1.82, 2.24) is 36.4 Å². The summed E-state index contributed by atoms with van der Waals surface area (Å²) in [5, 5.41) is 37.6. The Balaban J connectivity index is 0.996. The summed E-state index contributed by atoms with van der Waals surface area (Å²) in [6, 6.07) is -0.0618. The van der Waals surface area contributed by atoms with E-state index >= 15 is 0 Å². The van der Waals surface area contributed by atoms with E-state index in [2.05, 4.69) is 31.5 Å². The SMILES string of the molecule is CN(CCCNC(=O)NC1CCCCC1OC1CCCCC1)C[C@H]1O[C@@H](N2CNC3C(N)NCNC32)[C@H](O)[C@@H]1O. The third-order valence-electron chi connectivity index (χ3n) is 9.34. The van der Waals surface area contributed by atoms with Crippen LogP contribution in [0.3, 0.4) is 0 Å². The highest BCUT2D eigenvalue weighted by Gasteiger charge is 2.51. The molecule has 230 valence electrons. The topological polar surface area (TPSA) is 169 Å². The molecule has 2 amide bonds. The Bertz CT molecular complexity index is 807. The predicted octanol–water partition coefficient (Wildman–Crippen LogP) is -1.29. The lowest BCUT2D eigenvalue weighted by molar-refractivity contribution is -0.106. The number of nitrogens with two attached hydrogens (primary N) is 1. The summed E-state index contributed by atoms with van der Waals surface area (Å²) >= 11 is 0. The predicted molar refractivity (Wildman–Crippen MR) is 150 cm³/mol. The number of ether oxygens (including phenoxy) is 2. The van der Waals surface area contributed by atoms with Crippen molar-refractivity contribution in [2.75, 3.05) is 40.0 Å². The van der Waals surface area contributed by atoms with Gasteiger partial charge < -0.3 is 41.0 Å². The maximum Gasteiger partial charge on any atom is 0.315 e. The van der Waals surface area contributed by atoms with Gasteiger partial charge in [0.2, 0.25) is 0 Å². The molecular weight excluding hydrogens is 516 g/mol. The first kappa shape index (κ1) is 30.3. The maximum atomic E-state index is 12.6. The van der Waals surface area contributed by atoms with Crippen LogP contribution in [0.4, 0.5) is 4.79 Å². The van der Waals surface area contributed by atoms with E-state index < -0.39 is 24.5 Å². The molecule has 0 bridgehead atoms. The number of fused-ring (bicyclic) bond motifs is 1. The first-order valence-corrected chi connectivity index (χ1v) is 15.5. The van der Waals surface area contributed by atoms with Gasteiger partial charge in [0.1, 0.15) is 24.5 Å². The van der Waals surface area contributed by atoms with E-state index in [9.17, 15) is 15.0 Å². The van der Waals surface area contributed by atoms with Crippen LogP contribution in [-0.2, 0) is 9.47 Å². The number of urea groups is 1. The quantitative estimate of drug-likeness (QED) is 0.148. The number of hydrogen-bond donors (Lipinski definition) is 8. The van der Waals surface area contributed by atoms with E-state index in [0.29, 0.717) is 32.5 Å². The van der Waals surface area contributed by atoms with Crippen molar-refractivity contribution in [3.05, 3.63) is 0 Å². The molecule has 5 rings (SSSR count). The van der Waals surface area contributed by atoms with Crippen molar-refractivity contribution in [1.29, 1.82) is 0 Å². The molecule has 0 aromatic rings. The Morgan fingerprint density at radius 1 is 1.07 bits per heavy atom. The molecule has 3 heterocycles. The Morgan fingerprint density at radius 2 is 1.85 bits per heavy atom. The molecule has 0 aromatic heterocycles. The number of likely N-dealkylation sites (N-methyl/N-ethyl adjacent to an activating group) is 1. The first-order chi connectivity index (χ1) is 19.4. The fourth-order valence-corrected chi connectivity index (χ4v) is 7.05. The van der Waals surface area contributed by atoms with Crippen LogP contribution in [0.25, 0.3) is 0 Å². The summed E-state index contributed by atoms with van der Waals surface area (Å²) in [5.74, 6) is 0. The second kappa shape index (κ2) is 14.4. The molecule has 13 nitrogen and oxygen atoms in total. The van der Waals surface area contributed by atoms with Gasteiger partial charge in [-0.3, -0.25) is 16.0 Å². The molecule has 0 spiro atoms. The summed E-state index contributed by atoms with van der Waals surface area (Å²) in [5.41, 5.74) is 6.16. The zero-order valence-corrected chi connectivity index (χ0v) is 24.0. The molecule has 0 aromatic carbocycles. The van der Waals surface area contributed by atoms with E-state index in [1.807, 2.05) is 11.9 Å². The van der Waals surface area contributed by atoms with E-state index in [-0.39, 0.29) is 36.6 Å². The normalized spacial score (nSPS) is 39.4. The zero-order chi connectivity index (χ0) is 28.1. The van der Waals surface area contributed by atoms with E-state index in [1.165, 1.54) is 25.7 Å². The lowest BCUT2D eigenvalue weighted by Crippen LogP contribution is -2.68. The fraction of sp³-hybridized carbons (Fsp3) is 0.963. The maximum absolute atomic E-state index is 12.6. The molecule has 5 aliphatic rings. The van der Waals surface area contributed by atoms with Crippen LogP contribution in [0.1, 0.15) is 64.2 Å². The van der Waals surface area contributed by atoms with Gasteiger partial charge in [0.05, 0.1) is 43.3 Å². The van der Waals surface area contributed by atoms with Crippen molar-refractivity contribution < 1.29 is 24.5 Å². The van der Waals surface area contributed by atoms with Gasteiger partial charge in [0, 0.05) is 19.8 Å². The lowest BCUT2D eigenvalue weighted by atomic mass is 9.91.